The van der Waals surface area contributed by atoms with Crippen LogP contribution in [0.4, 0.5) is 10.1 Å². The third kappa shape index (κ3) is 4.53. The Kier molecular flexibility index (Phi) is 5.49. The molecule has 0 bridgehead atoms. The number of halogens is 1. The molecule has 1 rings (SSSR count). The Morgan fingerprint density at radius 3 is 2.55 bits per heavy atom. The fraction of sp³-hybridized carbons (Fsp3) is 0.429. The van der Waals surface area contributed by atoms with E-state index >= 15 is 0 Å². The molecule has 0 saturated heterocycles. The summed E-state index contributed by atoms with van der Waals surface area (Å²) in [7, 11) is 0. The average molecular weight is 282 g/mol. The molecule has 0 radical (unpaired) electrons. The first kappa shape index (κ1) is 15.9. The van der Waals surface area contributed by atoms with Crippen molar-refractivity contribution in [3.8, 4) is 0 Å². The molecule has 0 aliphatic carbocycles. The minimum Gasteiger partial charge on any atom is -0.452 e. The molecule has 110 valence electrons. The number of nitrogens with two attached hydrogens (primary N) is 1. The lowest BCUT2D eigenvalue weighted by molar-refractivity contribution is -0.125. The minimum absolute atomic E-state index is 0.0166. The number of ether oxygens (including phenoxy) is 1. The van der Waals surface area contributed by atoms with Gasteiger partial charge in [-0.1, -0.05) is 13.8 Å². The Balaban J connectivity index is 2.53. The molecule has 1 aromatic rings. The fourth-order valence-electron chi connectivity index (χ4n) is 1.39. The van der Waals surface area contributed by atoms with E-state index in [4.69, 9.17) is 10.5 Å². The summed E-state index contributed by atoms with van der Waals surface area (Å²) in [5.74, 6) is -1.40. The van der Waals surface area contributed by atoms with Gasteiger partial charge in [-0.05, 0) is 31.0 Å². The second-order valence-corrected chi connectivity index (χ2v) is 4.91. The van der Waals surface area contributed by atoms with Crippen molar-refractivity contribution in [1.82, 2.24) is 5.32 Å². The van der Waals surface area contributed by atoms with Gasteiger partial charge in [-0.3, -0.25) is 4.79 Å². The summed E-state index contributed by atoms with van der Waals surface area (Å²) in [6.07, 6.45) is 0. The van der Waals surface area contributed by atoms with Gasteiger partial charge >= 0.3 is 5.97 Å². The van der Waals surface area contributed by atoms with Gasteiger partial charge in [0.15, 0.2) is 6.61 Å². The summed E-state index contributed by atoms with van der Waals surface area (Å²) < 4.78 is 17.7. The number of esters is 1. The highest BCUT2D eigenvalue weighted by atomic mass is 19.1. The maximum Gasteiger partial charge on any atom is 0.340 e. The smallest absolute Gasteiger partial charge is 0.340 e. The van der Waals surface area contributed by atoms with Crippen molar-refractivity contribution in [3.63, 3.8) is 0 Å². The molecular weight excluding hydrogens is 263 g/mol. The van der Waals surface area contributed by atoms with E-state index in [0.29, 0.717) is 0 Å². The number of nitrogen functional groups attached to an aromatic ring is 1. The molecule has 1 atom stereocenters. The van der Waals surface area contributed by atoms with Crippen molar-refractivity contribution in [1.29, 1.82) is 0 Å². The molecule has 0 fully saturated rings. The number of benzene rings is 1. The number of nitrogens with one attached hydrogen (secondary N) is 1. The van der Waals surface area contributed by atoms with Crippen LogP contribution in [0.1, 0.15) is 31.1 Å². The van der Waals surface area contributed by atoms with Gasteiger partial charge in [-0.2, -0.15) is 0 Å². The summed E-state index contributed by atoms with van der Waals surface area (Å²) >= 11 is 0. The lowest BCUT2D eigenvalue weighted by Crippen LogP contribution is -2.38. The molecule has 0 aliphatic heterocycles. The predicted molar refractivity (Wildman–Crippen MR) is 73.5 cm³/mol. The van der Waals surface area contributed by atoms with Gasteiger partial charge < -0.3 is 15.8 Å². The van der Waals surface area contributed by atoms with Gasteiger partial charge in [0.25, 0.3) is 5.91 Å². The van der Waals surface area contributed by atoms with Crippen LogP contribution in [0.15, 0.2) is 18.2 Å². The van der Waals surface area contributed by atoms with Crippen molar-refractivity contribution >= 4 is 17.6 Å². The van der Waals surface area contributed by atoms with E-state index in [0.717, 1.165) is 12.1 Å². The second kappa shape index (κ2) is 6.88. The van der Waals surface area contributed by atoms with E-state index in [9.17, 15) is 14.0 Å². The monoisotopic (exact) mass is 282 g/mol. The standard InChI is InChI=1S/C14H19FN2O3/c1-8(2)9(3)17-13(18)7-20-14(19)11-5-4-10(15)6-12(11)16/h4-6,8-9H,7,16H2,1-3H3,(H,17,18). The van der Waals surface area contributed by atoms with Crippen LogP contribution in [0.2, 0.25) is 0 Å². The quantitative estimate of drug-likeness (QED) is 0.636. The SMILES string of the molecule is CC(C)C(C)NC(=O)COC(=O)c1ccc(F)cc1N. The highest BCUT2D eigenvalue weighted by molar-refractivity contribution is 5.96. The van der Waals surface area contributed by atoms with Gasteiger partial charge in [-0.15, -0.1) is 0 Å². The van der Waals surface area contributed by atoms with Crippen molar-refractivity contribution in [2.75, 3.05) is 12.3 Å². The Morgan fingerprint density at radius 2 is 2.00 bits per heavy atom. The van der Waals surface area contributed by atoms with E-state index in [2.05, 4.69) is 5.32 Å². The van der Waals surface area contributed by atoms with Gasteiger partial charge in [0.1, 0.15) is 5.82 Å². The molecule has 0 spiro atoms. The van der Waals surface area contributed by atoms with Gasteiger partial charge in [0.2, 0.25) is 0 Å². The van der Waals surface area contributed by atoms with Crippen LogP contribution < -0.4 is 11.1 Å². The number of hydrogen-bond acceptors (Lipinski definition) is 4. The van der Waals surface area contributed by atoms with Crippen LogP contribution in [0, 0.1) is 11.7 Å². The molecular formula is C14H19FN2O3. The first-order valence-electron chi connectivity index (χ1n) is 6.32. The molecule has 0 aromatic heterocycles. The zero-order chi connectivity index (χ0) is 15.3. The number of amides is 1. The van der Waals surface area contributed by atoms with Crippen LogP contribution in [0.25, 0.3) is 0 Å². The van der Waals surface area contributed by atoms with Crippen molar-refractivity contribution in [2.24, 2.45) is 5.92 Å². The Morgan fingerprint density at radius 1 is 1.35 bits per heavy atom. The van der Waals surface area contributed by atoms with Crippen molar-refractivity contribution in [2.45, 2.75) is 26.8 Å². The van der Waals surface area contributed by atoms with Gasteiger partial charge in [-0.25, -0.2) is 9.18 Å². The van der Waals surface area contributed by atoms with Gasteiger partial charge in [0.05, 0.1) is 5.56 Å². The molecule has 5 nitrogen and oxygen atoms in total. The van der Waals surface area contributed by atoms with E-state index in [1.807, 2.05) is 20.8 Å². The normalized spacial score (nSPS) is 12.1. The van der Waals surface area contributed by atoms with Crippen LogP contribution in [0.5, 0.6) is 0 Å². The first-order valence-corrected chi connectivity index (χ1v) is 6.32. The zero-order valence-electron chi connectivity index (χ0n) is 11.8. The lowest BCUT2D eigenvalue weighted by atomic mass is 10.1. The Hall–Kier alpha value is -2.11. The zero-order valence-corrected chi connectivity index (χ0v) is 11.8. The minimum atomic E-state index is -0.755. The molecule has 0 saturated carbocycles. The topological polar surface area (TPSA) is 81.4 Å². The number of carbonyl (C=O) groups excluding carboxylic acids is 2. The van der Waals surface area contributed by atoms with Crippen molar-refractivity contribution in [3.05, 3.63) is 29.6 Å². The molecule has 0 aliphatic rings. The molecule has 1 amide bonds. The number of carbonyl (C=O) groups is 2. The number of hydrogen-bond donors (Lipinski definition) is 2. The van der Waals surface area contributed by atoms with E-state index in [1.165, 1.54) is 6.07 Å². The highest BCUT2D eigenvalue weighted by Gasteiger charge is 2.15. The van der Waals surface area contributed by atoms with Crippen LogP contribution >= 0.6 is 0 Å². The molecule has 3 N–H and O–H groups in total. The summed E-state index contributed by atoms with van der Waals surface area (Å²) in [4.78, 5) is 23.2. The van der Waals surface area contributed by atoms with Gasteiger partial charge in [0, 0.05) is 11.7 Å². The first-order chi connectivity index (χ1) is 9.31. The molecule has 0 heterocycles. The molecule has 1 aromatic carbocycles. The highest BCUT2D eigenvalue weighted by Crippen LogP contribution is 2.14. The Labute approximate surface area is 117 Å². The summed E-state index contributed by atoms with van der Waals surface area (Å²) in [5.41, 5.74) is 5.52. The van der Waals surface area contributed by atoms with Crippen LogP contribution in [-0.4, -0.2) is 24.5 Å². The predicted octanol–water partition coefficient (Wildman–Crippen LogP) is 1.73. The lowest BCUT2D eigenvalue weighted by Gasteiger charge is -2.17. The van der Waals surface area contributed by atoms with E-state index in [1.54, 1.807) is 0 Å². The summed E-state index contributed by atoms with van der Waals surface area (Å²) in [6, 6.07) is 3.34. The van der Waals surface area contributed by atoms with Crippen LogP contribution in [-0.2, 0) is 9.53 Å². The van der Waals surface area contributed by atoms with E-state index < -0.39 is 18.4 Å². The average Bonchev–Trinajstić information content (AvgIpc) is 2.35. The van der Waals surface area contributed by atoms with E-state index in [-0.39, 0.29) is 29.1 Å². The number of anilines is 1. The largest absolute Gasteiger partial charge is 0.452 e. The number of rotatable bonds is 5. The third-order valence-electron chi connectivity index (χ3n) is 2.96. The maximum absolute atomic E-state index is 12.8. The molecule has 1 unspecified atom stereocenters. The molecule has 6 heteroatoms. The van der Waals surface area contributed by atoms with Crippen molar-refractivity contribution < 1.29 is 18.7 Å². The Bertz CT molecular complexity index is 503. The maximum atomic E-state index is 12.8. The second-order valence-electron chi connectivity index (χ2n) is 4.91. The van der Waals surface area contributed by atoms with Crippen LogP contribution in [0.3, 0.4) is 0 Å². The molecule has 20 heavy (non-hydrogen) atoms. The fourth-order valence-corrected chi connectivity index (χ4v) is 1.39. The summed E-state index contributed by atoms with van der Waals surface area (Å²) in [5, 5.41) is 2.70. The summed E-state index contributed by atoms with van der Waals surface area (Å²) in [6.45, 7) is 5.40. The third-order valence-corrected chi connectivity index (χ3v) is 2.96.